The minimum atomic E-state index is -0.444. The zero-order chi connectivity index (χ0) is 24.8. The van der Waals surface area contributed by atoms with Crippen molar-refractivity contribution >= 4 is 40.7 Å². The van der Waals surface area contributed by atoms with Crippen molar-refractivity contribution in [3.63, 3.8) is 0 Å². The zero-order valence-electron chi connectivity index (χ0n) is 18.7. The summed E-state index contributed by atoms with van der Waals surface area (Å²) in [5.74, 6) is -1.08. The van der Waals surface area contributed by atoms with Crippen LogP contribution in [-0.2, 0) is 20.9 Å². The Bertz CT molecular complexity index is 1200. The summed E-state index contributed by atoms with van der Waals surface area (Å²) in [6, 6.07) is 19.3. The second kappa shape index (κ2) is 11.0. The van der Waals surface area contributed by atoms with E-state index in [0.29, 0.717) is 28.7 Å². The van der Waals surface area contributed by atoms with Gasteiger partial charge in [-0.05, 0) is 66.2 Å². The van der Waals surface area contributed by atoms with Crippen LogP contribution in [0.15, 0.2) is 72.8 Å². The van der Waals surface area contributed by atoms with Crippen LogP contribution in [0.5, 0.6) is 5.75 Å². The Labute approximate surface area is 206 Å². The second-order valence-electron chi connectivity index (χ2n) is 8.09. The average molecular weight is 496 g/mol. The number of hydrogen-bond donors (Lipinski definition) is 2. The first-order chi connectivity index (χ1) is 16.9. The number of rotatable bonds is 8. The molecule has 3 aromatic rings. The first-order valence-corrected chi connectivity index (χ1v) is 11.4. The molecule has 35 heavy (non-hydrogen) atoms. The maximum absolute atomic E-state index is 12.9. The van der Waals surface area contributed by atoms with Gasteiger partial charge in [0.1, 0.15) is 11.6 Å². The largest absolute Gasteiger partial charge is 0.484 e. The average Bonchev–Trinajstić information content (AvgIpc) is 3.25. The van der Waals surface area contributed by atoms with Gasteiger partial charge in [0.2, 0.25) is 11.8 Å². The minimum absolute atomic E-state index is 0.133. The van der Waals surface area contributed by atoms with Gasteiger partial charge in [-0.2, -0.15) is 0 Å². The lowest BCUT2D eigenvalue weighted by atomic mass is 10.1. The Balaban J connectivity index is 1.26. The molecule has 2 N–H and O–H groups in total. The third-order valence-corrected chi connectivity index (χ3v) is 5.77. The van der Waals surface area contributed by atoms with Gasteiger partial charge in [0.05, 0.1) is 5.92 Å². The van der Waals surface area contributed by atoms with Crippen LogP contribution in [0.4, 0.5) is 15.8 Å². The molecule has 9 heteroatoms. The number of carbonyl (C=O) groups is 3. The van der Waals surface area contributed by atoms with E-state index >= 15 is 0 Å². The molecule has 180 valence electrons. The van der Waals surface area contributed by atoms with Gasteiger partial charge in [0.15, 0.2) is 6.61 Å². The third-order valence-electron chi connectivity index (χ3n) is 5.52. The number of amides is 3. The molecule has 1 aliphatic heterocycles. The quantitative estimate of drug-likeness (QED) is 0.491. The summed E-state index contributed by atoms with van der Waals surface area (Å²) in [6.45, 7) is 0.419. The van der Waals surface area contributed by atoms with Crippen molar-refractivity contribution < 1.29 is 23.5 Å². The van der Waals surface area contributed by atoms with Gasteiger partial charge < -0.3 is 20.3 Å². The first kappa shape index (κ1) is 24.2. The van der Waals surface area contributed by atoms with Crippen molar-refractivity contribution in [2.24, 2.45) is 5.92 Å². The van der Waals surface area contributed by atoms with Gasteiger partial charge in [0, 0.05) is 35.9 Å². The Kier molecular flexibility index (Phi) is 7.62. The van der Waals surface area contributed by atoms with E-state index in [1.807, 2.05) is 12.1 Å². The molecule has 3 aromatic carbocycles. The number of halogens is 2. The van der Waals surface area contributed by atoms with Crippen LogP contribution < -0.4 is 20.3 Å². The van der Waals surface area contributed by atoms with Crippen LogP contribution in [0.1, 0.15) is 12.0 Å². The number of anilines is 2. The molecule has 0 radical (unpaired) electrons. The summed E-state index contributed by atoms with van der Waals surface area (Å²) in [5, 5.41) is 6.11. The van der Waals surface area contributed by atoms with Crippen molar-refractivity contribution in [3.05, 3.63) is 89.2 Å². The lowest BCUT2D eigenvalue weighted by Gasteiger charge is -2.17. The van der Waals surface area contributed by atoms with Gasteiger partial charge in [-0.25, -0.2) is 4.39 Å². The second-order valence-corrected chi connectivity index (χ2v) is 8.52. The van der Waals surface area contributed by atoms with Gasteiger partial charge >= 0.3 is 0 Å². The number of carbonyl (C=O) groups excluding carboxylic acids is 3. The molecule has 0 saturated carbocycles. The minimum Gasteiger partial charge on any atom is -0.484 e. The molecule has 0 spiro atoms. The van der Waals surface area contributed by atoms with E-state index in [1.165, 1.54) is 24.3 Å². The van der Waals surface area contributed by atoms with Crippen LogP contribution in [0.3, 0.4) is 0 Å². The maximum Gasteiger partial charge on any atom is 0.262 e. The number of benzene rings is 3. The van der Waals surface area contributed by atoms with E-state index in [-0.39, 0.29) is 43.1 Å². The molecule has 7 nitrogen and oxygen atoms in total. The monoisotopic (exact) mass is 495 g/mol. The van der Waals surface area contributed by atoms with Gasteiger partial charge in [-0.15, -0.1) is 0 Å². The van der Waals surface area contributed by atoms with E-state index < -0.39 is 5.92 Å². The normalized spacial score (nSPS) is 15.1. The number of nitrogens with zero attached hydrogens (tertiary/aromatic N) is 1. The molecule has 0 bridgehead atoms. The lowest BCUT2D eigenvalue weighted by molar-refractivity contribution is -0.126. The third kappa shape index (κ3) is 6.58. The molecule has 4 rings (SSSR count). The van der Waals surface area contributed by atoms with E-state index in [4.69, 9.17) is 16.3 Å². The van der Waals surface area contributed by atoms with Crippen LogP contribution >= 0.6 is 11.6 Å². The van der Waals surface area contributed by atoms with Crippen LogP contribution in [0.2, 0.25) is 5.02 Å². The Morgan fingerprint density at radius 1 is 1.00 bits per heavy atom. The predicted molar refractivity (Wildman–Crippen MR) is 131 cm³/mol. The molecule has 0 aliphatic carbocycles. The van der Waals surface area contributed by atoms with Gasteiger partial charge in [-0.1, -0.05) is 23.7 Å². The Hall–Kier alpha value is -3.91. The summed E-state index contributed by atoms with van der Waals surface area (Å²) in [6.07, 6.45) is 0.133. The molecular weight excluding hydrogens is 473 g/mol. The highest BCUT2D eigenvalue weighted by atomic mass is 35.5. The molecular formula is C26H23ClFN3O4. The summed E-state index contributed by atoms with van der Waals surface area (Å²) in [7, 11) is 0. The summed E-state index contributed by atoms with van der Waals surface area (Å²) in [4.78, 5) is 38.7. The van der Waals surface area contributed by atoms with Crippen molar-refractivity contribution in [1.29, 1.82) is 0 Å². The van der Waals surface area contributed by atoms with E-state index in [9.17, 15) is 18.8 Å². The molecule has 1 aliphatic rings. The highest BCUT2D eigenvalue weighted by Crippen LogP contribution is 2.27. The van der Waals surface area contributed by atoms with E-state index in [2.05, 4.69) is 10.6 Å². The van der Waals surface area contributed by atoms with Gasteiger partial charge in [0.25, 0.3) is 5.91 Å². The molecule has 0 unspecified atom stereocenters. The summed E-state index contributed by atoms with van der Waals surface area (Å²) in [5.41, 5.74) is 2.03. The van der Waals surface area contributed by atoms with E-state index in [0.717, 1.165) is 5.56 Å². The van der Waals surface area contributed by atoms with Crippen molar-refractivity contribution in [2.45, 2.75) is 13.0 Å². The molecule has 1 fully saturated rings. The Morgan fingerprint density at radius 3 is 2.37 bits per heavy atom. The number of nitrogens with one attached hydrogen (secondary N) is 2. The highest BCUT2D eigenvalue weighted by Gasteiger charge is 2.35. The first-order valence-electron chi connectivity index (χ1n) is 11.0. The van der Waals surface area contributed by atoms with Crippen molar-refractivity contribution in [3.8, 4) is 5.75 Å². The standard InChI is InChI=1S/C26H23ClFN3O4/c27-19-3-1-17(2-4-19)14-29-26(34)18-13-25(33)31(15-18)22-9-11-23(12-10-22)35-16-24(32)30-21-7-5-20(28)6-8-21/h1-12,18H,13-16H2,(H,29,34)(H,30,32)/t18-/m0/s1. The fourth-order valence-electron chi connectivity index (χ4n) is 3.67. The van der Waals surface area contributed by atoms with Crippen molar-refractivity contribution in [1.82, 2.24) is 5.32 Å². The predicted octanol–water partition coefficient (Wildman–Crippen LogP) is 4.17. The smallest absolute Gasteiger partial charge is 0.262 e. The highest BCUT2D eigenvalue weighted by molar-refractivity contribution is 6.30. The van der Waals surface area contributed by atoms with Gasteiger partial charge in [-0.3, -0.25) is 14.4 Å². The topological polar surface area (TPSA) is 87.7 Å². The molecule has 0 aromatic heterocycles. The molecule has 1 atom stereocenters. The van der Waals surface area contributed by atoms with E-state index in [1.54, 1.807) is 41.3 Å². The maximum atomic E-state index is 12.9. The zero-order valence-corrected chi connectivity index (χ0v) is 19.4. The fourth-order valence-corrected chi connectivity index (χ4v) is 3.80. The SMILES string of the molecule is O=C(COc1ccc(N2C[C@@H](C(=O)NCc3ccc(Cl)cc3)CC2=O)cc1)Nc1ccc(F)cc1. The number of hydrogen-bond acceptors (Lipinski definition) is 4. The summed E-state index contributed by atoms with van der Waals surface area (Å²) < 4.78 is 18.4. The number of ether oxygens (including phenoxy) is 1. The van der Waals surface area contributed by atoms with Crippen LogP contribution in [0.25, 0.3) is 0 Å². The molecule has 3 amide bonds. The lowest BCUT2D eigenvalue weighted by Crippen LogP contribution is -2.32. The Morgan fingerprint density at radius 2 is 1.69 bits per heavy atom. The van der Waals surface area contributed by atoms with Crippen LogP contribution in [-0.4, -0.2) is 30.9 Å². The fraction of sp³-hybridized carbons (Fsp3) is 0.192. The molecule has 1 saturated heterocycles. The summed E-state index contributed by atoms with van der Waals surface area (Å²) >= 11 is 5.88. The molecule has 1 heterocycles. The van der Waals surface area contributed by atoms with Crippen LogP contribution in [0, 0.1) is 11.7 Å². The van der Waals surface area contributed by atoms with Crippen molar-refractivity contribution in [2.75, 3.05) is 23.4 Å².